The number of nitrogens with zero attached hydrogens (tertiary/aromatic N) is 1. The van der Waals surface area contributed by atoms with E-state index in [1.807, 2.05) is 23.1 Å². The maximum Gasteiger partial charge on any atom is 0.103 e. The first kappa shape index (κ1) is 30.1. The molecule has 9 aromatic rings. The van der Waals surface area contributed by atoms with Crippen LogP contribution in [0.2, 0.25) is 0 Å². The first-order valence-electron chi connectivity index (χ1n) is 17.3. The van der Waals surface area contributed by atoms with E-state index in [1.165, 1.54) is 75.0 Å². The molecule has 0 aliphatic carbocycles. The summed E-state index contributed by atoms with van der Waals surface area (Å²) < 4.78 is 2.58. The number of nitrogens with one attached hydrogen (secondary N) is 1. The molecular weight excluding hydrogens is 657 g/mol. The average molecular weight is 689 g/mol. The minimum absolute atomic E-state index is 0.125. The molecule has 0 amide bonds. The third kappa shape index (κ3) is 5.36. The molecule has 1 aromatic heterocycles. The Morgan fingerprint density at radius 2 is 1.06 bits per heavy atom. The van der Waals surface area contributed by atoms with Gasteiger partial charge in [-0.25, -0.2) is 0 Å². The predicted molar refractivity (Wildman–Crippen MR) is 221 cm³/mol. The number of rotatable bonds is 6. The van der Waals surface area contributed by atoms with Crippen molar-refractivity contribution in [2.75, 3.05) is 10.2 Å². The van der Waals surface area contributed by atoms with Gasteiger partial charge < -0.3 is 10.2 Å². The second-order valence-corrected chi connectivity index (χ2v) is 15.2. The average Bonchev–Trinajstić information content (AvgIpc) is 3.80. The zero-order valence-electron chi connectivity index (χ0n) is 27.7. The van der Waals surface area contributed by atoms with Gasteiger partial charge in [-0.05, 0) is 81.1 Å². The van der Waals surface area contributed by atoms with Crippen molar-refractivity contribution >= 4 is 76.8 Å². The highest BCUT2D eigenvalue weighted by Crippen LogP contribution is 2.58. The van der Waals surface area contributed by atoms with Crippen LogP contribution in [0.4, 0.5) is 22.7 Å². The van der Waals surface area contributed by atoms with Crippen molar-refractivity contribution in [3.63, 3.8) is 0 Å². The summed E-state index contributed by atoms with van der Waals surface area (Å²) in [7, 11) is 0. The highest BCUT2D eigenvalue weighted by Gasteiger charge is 2.32. The lowest BCUT2D eigenvalue weighted by Crippen LogP contribution is -2.11. The maximum absolute atomic E-state index is 3.90. The molecule has 0 bridgehead atoms. The van der Waals surface area contributed by atoms with Crippen molar-refractivity contribution in [3.05, 3.63) is 188 Å². The van der Waals surface area contributed by atoms with Crippen LogP contribution in [-0.2, 0) is 0 Å². The molecule has 51 heavy (non-hydrogen) atoms. The van der Waals surface area contributed by atoms with Gasteiger partial charge in [0.25, 0.3) is 0 Å². The number of benzene rings is 8. The third-order valence-corrected chi connectivity index (χ3v) is 12.3. The summed E-state index contributed by atoms with van der Waals surface area (Å²) >= 11 is 3.78. The normalized spacial score (nSPS) is 13.8. The molecule has 8 aromatic carbocycles. The summed E-state index contributed by atoms with van der Waals surface area (Å²) in [6.07, 6.45) is 0. The molecule has 1 N–H and O–H groups in total. The first-order chi connectivity index (χ1) is 25.3. The van der Waals surface area contributed by atoms with Gasteiger partial charge in [0, 0.05) is 31.5 Å². The summed E-state index contributed by atoms with van der Waals surface area (Å²) in [5.41, 5.74) is 10.8. The van der Waals surface area contributed by atoms with Crippen LogP contribution in [-0.4, -0.2) is 0 Å². The van der Waals surface area contributed by atoms with E-state index in [-0.39, 0.29) is 5.37 Å². The molecule has 0 saturated heterocycles. The zero-order chi connectivity index (χ0) is 33.7. The number of fused-ring (bicyclic) bond motifs is 5. The smallest absolute Gasteiger partial charge is 0.103 e. The Bertz CT molecular complexity index is 2680. The molecule has 1 unspecified atom stereocenters. The fraction of sp³-hybridized carbons (Fsp3) is 0.0213. The monoisotopic (exact) mass is 688 g/mol. The number of anilines is 4. The van der Waals surface area contributed by atoms with Crippen molar-refractivity contribution in [1.29, 1.82) is 0 Å². The lowest BCUT2D eigenvalue weighted by atomic mass is 10.0. The molecule has 2 nitrogen and oxygen atoms in total. The molecule has 0 radical (unpaired) electrons. The Hall–Kier alpha value is -5.81. The zero-order valence-corrected chi connectivity index (χ0v) is 29.3. The fourth-order valence-electron chi connectivity index (χ4n) is 7.37. The summed E-state index contributed by atoms with van der Waals surface area (Å²) in [4.78, 5) is 3.76. The fourth-order valence-corrected chi connectivity index (χ4v) is 9.78. The Morgan fingerprint density at radius 3 is 1.80 bits per heavy atom. The van der Waals surface area contributed by atoms with Gasteiger partial charge in [0.05, 0.1) is 16.3 Å². The second-order valence-electron chi connectivity index (χ2n) is 13.0. The highest BCUT2D eigenvalue weighted by molar-refractivity contribution is 8.00. The van der Waals surface area contributed by atoms with Crippen molar-refractivity contribution in [2.24, 2.45) is 0 Å². The standard InChI is InChI=1S/C47H32N2S2/c1-3-11-31(12-4-1)33-21-25-38(26-22-33)49(39-27-23-34(24-28-39)37-20-19-32-13-7-8-16-36(32)29-37)45-44-40-17-9-10-18-42(40)50-43(44)30-41-46(45)51-47(48-41)35-14-5-2-6-15-35/h1-30,47-48H. The van der Waals surface area contributed by atoms with Crippen LogP contribution < -0.4 is 10.2 Å². The van der Waals surface area contributed by atoms with Gasteiger partial charge >= 0.3 is 0 Å². The molecule has 0 spiro atoms. The topological polar surface area (TPSA) is 15.3 Å². The lowest BCUT2D eigenvalue weighted by molar-refractivity contribution is 1.13. The molecule has 4 heteroatoms. The van der Waals surface area contributed by atoms with Gasteiger partial charge in [-0.2, -0.15) is 0 Å². The lowest BCUT2D eigenvalue weighted by Gasteiger charge is -2.28. The first-order valence-corrected chi connectivity index (χ1v) is 19.0. The Kier molecular flexibility index (Phi) is 7.37. The van der Waals surface area contributed by atoms with Gasteiger partial charge in [-0.1, -0.05) is 151 Å². The van der Waals surface area contributed by atoms with Crippen LogP contribution in [0, 0.1) is 0 Å². The summed E-state index contributed by atoms with van der Waals surface area (Å²) in [5, 5.41) is 9.12. The van der Waals surface area contributed by atoms with Crippen LogP contribution >= 0.6 is 23.1 Å². The molecule has 0 saturated carbocycles. The van der Waals surface area contributed by atoms with Crippen LogP contribution in [0.1, 0.15) is 10.9 Å². The van der Waals surface area contributed by atoms with Crippen LogP contribution in [0.5, 0.6) is 0 Å². The van der Waals surface area contributed by atoms with Crippen molar-refractivity contribution in [3.8, 4) is 22.3 Å². The number of hydrogen-bond acceptors (Lipinski definition) is 4. The second kappa shape index (κ2) is 12.5. The molecule has 1 aliphatic rings. The largest absolute Gasteiger partial charge is 0.368 e. The van der Waals surface area contributed by atoms with E-state index in [2.05, 4.69) is 192 Å². The van der Waals surface area contributed by atoms with Gasteiger partial charge in [0.1, 0.15) is 5.37 Å². The summed E-state index contributed by atoms with van der Waals surface area (Å²) in [6, 6.07) is 66.1. The Morgan fingerprint density at radius 1 is 0.471 bits per heavy atom. The number of thioether (sulfide) groups is 1. The maximum atomic E-state index is 3.90. The van der Waals surface area contributed by atoms with Gasteiger partial charge in [0.2, 0.25) is 0 Å². The van der Waals surface area contributed by atoms with Gasteiger partial charge in [-0.3, -0.25) is 0 Å². The van der Waals surface area contributed by atoms with E-state index < -0.39 is 0 Å². The Balaban J connectivity index is 1.18. The van der Waals surface area contributed by atoms with Crippen molar-refractivity contribution < 1.29 is 0 Å². The van der Waals surface area contributed by atoms with E-state index in [9.17, 15) is 0 Å². The van der Waals surface area contributed by atoms with Crippen LogP contribution in [0.3, 0.4) is 0 Å². The van der Waals surface area contributed by atoms with E-state index >= 15 is 0 Å². The van der Waals surface area contributed by atoms with E-state index in [0.717, 1.165) is 11.4 Å². The Labute approximate surface area is 305 Å². The van der Waals surface area contributed by atoms with E-state index in [1.54, 1.807) is 0 Å². The molecule has 242 valence electrons. The van der Waals surface area contributed by atoms with E-state index in [0.29, 0.717) is 0 Å². The number of thiophene rings is 1. The minimum atomic E-state index is 0.125. The molecule has 1 aliphatic heterocycles. The van der Waals surface area contributed by atoms with Crippen LogP contribution in [0.15, 0.2) is 187 Å². The summed E-state index contributed by atoms with van der Waals surface area (Å²) in [6.45, 7) is 0. The number of hydrogen-bond donors (Lipinski definition) is 1. The molecular formula is C47H32N2S2. The minimum Gasteiger partial charge on any atom is -0.368 e. The molecule has 1 atom stereocenters. The molecule has 2 heterocycles. The van der Waals surface area contributed by atoms with Crippen molar-refractivity contribution in [1.82, 2.24) is 0 Å². The van der Waals surface area contributed by atoms with E-state index in [4.69, 9.17) is 0 Å². The molecule has 10 rings (SSSR count). The van der Waals surface area contributed by atoms with Gasteiger partial charge in [-0.15, -0.1) is 11.3 Å². The van der Waals surface area contributed by atoms with Gasteiger partial charge in [0.15, 0.2) is 0 Å². The molecule has 0 fully saturated rings. The summed E-state index contributed by atoms with van der Waals surface area (Å²) in [5.74, 6) is 0. The van der Waals surface area contributed by atoms with Crippen molar-refractivity contribution in [2.45, 2.75) is 10.3 Å². The van der Waals surface area contributed by atoms with Crippen LogP contribution in [0.25, 0.3) is 53.2 Å². The third-order valence-electron chi connectivity index (χ3n) is 9.88. The quantitative estimate of drug-likeness (QED) is 0.187. The predicted octanol–water partition coefficient (Wildman–Crippen LogP) is 14.2. The SMILES string of the molecule is c1ccc(-c2ccc(N(c3ccc(-c4ccc5ccccc5c4)cc3)c3c4c(cc5sc6ccccc6c35)NC(c3ccccc3)S4)cc2)cc1. The highest BCUT2D eigenvalue weighted by atomic mass is 32.2.